The predicted molar refractivity (Wildman–Crippen MR) is 124 cm³/mol. The summed E-state index contributed by atoms with van der Waals surface area (Å²) in [5.74, 6) is 0.959. The molecule has 0 saturated carbocycles. The molecular formula is C25H26N4O3. The summed E-state index contributed by atoms with van der Waals surface area (Å²) in [4.78, 5) is 30.6. The van der Waals surface area contributed by atoms with E-state index < -0.39 is 0 Å². The molecule has 0 aliphatic carbocycles. The second kappa shape index (κ2) is 9.96. The van der Waals surface area contributed by atoms with Crippen molar-refractivity contribution in [3.8, 4) is 5.75 Å². The Morgan fingerprint density at radius 1 is 1.06 bits per heavy atom. The predicted octanol–water partition coefficient (Wildman–Crippen LogP) is 3.61. The van der Waals surface area contributed by atoms with E-state index in [0.717, 1.165) is 36.5 Å². The third kappa shape index (κ3) is 5.43. The maximum Gasteiger partial charge on any atom is 0.255 e. The van der Waals surface area contributed by atoms with Gasteiger partial charge in [-0.3, -0.25) is 9.59 Å². The van der Waals surface area contributed by atoms with E-state index in [9.17, 15) is 9.59 Å². The molecule has 1 aliphatic heterocycles. The third-order valence-electron chi connectivity index (χ3n) is 5.52. The van der Waals surface area contributed by atoms with Crippen LogP contribution in [0.15, 0.2) is 72.9 Å². The minimum atomic E-state index is -0.267. The summed E-state index contributed by atoms with van der Waals surface area (Å²) in [6, 6.07) is 20.6. The minimum absolute atomic E-state index is 0.147. The number of amides is 2. The number of ether oxygens (including phenoxy) is 1. The molecule has 1 unspecified atom stereocenters. The van der Waals surface area contributed by atoms with Gasteiger partial charge in [0.15, 0.2) is 0 Å². The maximum absolute atomic E-state index is 12.6. The zero-order valence-corrected chi connectivity index (χ0v) is 17.7. The monoisotopic (exact) mass is 430 g/mol. The molecule has 4 rings (SSSR count). The first-order chi connectivity index (χ1) is 15.6. The second-order valence-electron chi connectivity index (χ2n) is 7.85. The van der Waals surface area contributed by atoms with Gasteiger partial charge in [-0.25, -0.2) is 4.98 Å². The van der Waals surface area contributed by atoms with Crippen LogP contribution in [0.4, 0.5) is 11.5 Å². The van der Waals surface area contributed by atoms with E-state index in [2.05, 4.69) is 15.2 Å². The number of primary amides is 1. The number of nitrogens with one attached hydrogen (secondary N) is 1. The lowest BCUT2D eigenvalue weighted by Gasteiger charge is -2.32. The molecule has 0 radical (unpaired) electrons. The summed E-state index contributed by atoms with van der Waals surface area (Å²) in [5, 5.41) is 2.87. The van der Waals surface area contributed by atoms with Crippen LogP contribution in [0.1, 0.15) is 28.8 Å². The zero-order chi connectivity index (χ0) is 22.3. The number of rotatable bonds is 7. The first kappa shape index (κ1) is 21.4. The Kier molecular flexibility index (Phi) is 6.65. The Bertz CT molecular complexity index is 1050. The minimum Gasteiger partial charge on any atom is -0.489 e. The van der Waals surface area contributed by atoms with Crippen LogP contribution in [-0.2, 0) is 11.4 Å². The van der Waals surface area contributed by atoms with Crippen molar-refractivity contribution in [2.24, 2.45) is 11.7 Å². The van der Waals surface area contributed by atoms with Crippen LogP contribution in [-0.4, -0.2) is 29.9 Å². The van der Waals surface area contributed by atoms with Gasteiger partial charge in [0.25, 0.3) is 5.91 Å². The molecule has 1 aromatic heterocycles. The average Bonchev–Trinajstić information content (AvgIpc) is 2.84. The highest BCUT2D eigenvalue weighted by Crippen LogP contribution is 2.22. The molecule has 32 heavy (non-hydrogen) atoms. The van der Waals surface area contributed by atoms with Crippen LogP contribution in [0.3, 0.4) is 0 Å². The molecule has 2 amide bonds. The van der Waals surface area contributed by atoms with Gasteiger partial charge in [0, 0.05) is 18.7 Å². The summed E-state index contributed by atoms with van der Waals surface area (Å²) >= 11 is 0. The van der Waals surface area contributed by atoms with Gasteiger partial charge in [-0.2, -0.15) is 0 Å². The molecule has 3 aromatic rings. The van der Waals surface area contributed by atoms with E-state index in [0.29, 0.717) is 24.4 Å². The molecule has 3 N–H and O–H groups in total. The van der Waals surface area contributed by atoms with Crippen LogP contribution >= 0.6 is 0 Å². The van der Waals surface area contributed by atoms with Gasteiger partial charge in [-0.05, 0) is 54.8 Å². The Morgan fingerprint density at radius 2 is 1.84 bits per heavy atom. The highest BCUT2D eigenvalue weighted by Gasteiger charge is 2.24. The van der Waals surface area contributed by atoms with Crippen LogP contribution in [0.5, 0.6) is 5.75 Å². The van der Waals surface area contributed by atoms with E-state index in [1.165, 1.54) is 0 Å². The Labute approximate surface area is 187 Å². The molecule has 1 fully saturated rings. The molecule has 2 heterocycles. The van der Waals surface area contributed by atoms with Crippen molar-refractivity contribution in [2.45, 2.75) is 19.4 Å². The SMILES string of the molecule is NC(=O)C1CCCN(c2ccc(NC(=O)c3ccc(COc4ccccc4)cc3)cn2)C1. The second-order valence-corrected chi connectivity index (χ2v) is 7.85. The van der Waals surface area contributed by atoms with Gasteiger partial charge in [-0.1, -0.05) is 30.3 Å². The fraction of sp³-hybridized carbons (Fsp3) is 0.240. The first-order valence-corrected chi connectivity index (χ1v) is 10.7. The summed E-state index contributed by atoms with van der Waals surface area (Å²) in [6.45, 7) is 1.85. The van der Waals surface area contributed by atoms with Gasteiger partial charge >= 0.3 is 0 Å². The van der Waals surface area contributed by atoms with Gasteiger partial charge in [0.1, 0.15) is 18.2 Å². The molecule has 0 spiro atoms. The molecule has 7 nitrogen and oxygen atoms in total. The number of hydrogen-bond donors (Lipinski definition) is 2. The van der Waals surface area contributed by atoms with E-state index in [1.54, 1.807) is 18.3 Å². The van der Waals surface area contributed by atoms with Crippen LogP contribution in [0, 0.1) is 5.92 Å². The smallest absolute Gasteiger partial charge is 0.255 e. The van der Waals surface area contributed by atoms with Crippen molar-refractivity contribution in [1.29, 1.82) is 0 Å². The molecule has 1 atom stereocenters. The molecule has 2 aromatic carbocycles. The van der Waals surface area contributed by atoms with Gasteiger partial charge in [-0.15, -0.1) is 0 Å². The normalized spacial score (nSPS) is 15.8. The summed E-state index contributed by atoms with van der Waals surface area (Å²) in [6.07, 6.45) is 3.35. The summed E-state index contributed by atoms with van der Waals surface area (Å²) in [5.41, 5.74) is 7.60. The fourth-order valence-corrected chi connectivity index (χ4v) is 3.70. The van der Waals surface area contributed by atoms with Crippen molar-refractivity contribution in [1.82, 2.24) is 4.98 Å². The highest BCUT2D eigenvalue weighted by atomic mass is 16.5. The number of carbonyl (C=O) groups excluding carboxylic acids is 2. The number of hydrogen-bond acceptors (Lipinski definition) is 5. The number of nitrogens with zero attached hydrogens (tertiary/aromatic N) is 2. The van der Waals surface area contributed by atoms with Crippen molar-refractivity contribution in [3.05, 3.63) is 84.1 Å². The number of pyridine rings is 1. The fourth-order valence-electron chi connectivity index (χ4n) is 3.70. The highest BCUT2D eigenvalue weighted by molar-refractivity contribution is 6.04. The van der Waals surface area contributed by atoms with Gasteiger partial charge in [0.2, 0.25) is 5.91 Å². The number of benzene rings is 2. The number of aromatic nitrogens is 1. The van der Waals surface area contributed by atoms with E-state index in [4.69, 9.17) is 10.5 Å². The topological polar surface area (TPSA) is 97.6 Å². The number of para-hydroxylation sites is 1. The molecule has 7 heteroatoms. The van der Waals surface area contributed by atoms with Gasteiger partial charge < -0.3 is 20.7 Å². The lowest BCUT2D eigenvalue weighted by atomic mass is 9.97. The van der Waals surface area contributed by atoms with Gasteiger partial charge in [0.05, 0.1) is 17.8 Å². The molecule has 0 bridgehead atoms. The van der Waals surface area contributed by atoms with Crippen molar-refractivity contribution in [2.75, 3.05) is 23.3 Å². The largest absolute Gasteiger partial charge is 0.489 e. The summed E-state index contributed by atoms with van der Waals surface area (Å²) < 4.78 is 5.73. The van der Waals surface area contributed by atoms with Crippen LogP contribution in [0.2, 0.25) is 0 Å². The Morgan fingerprint density at radius 3 is 2.53 bits per heavy atom. The van der Waals surface area contributed by atoms with Crippen molar-refractivity contribution >= 4 is 23.3 Å². The number of anilines is 2. The lowest BCUT2D eigenvalue weighted by Crippen LogP contribution is -2.41. The third-order valence-corrected chi connectivity index (χ3v) is 5.52. The van der Waals surface area contributed by atoms with Crippen molar-refractivity contribution < 1.29 is 14.3 Å². The standard InChI is InChI=1S/C25H26N4O3/c26-24(30)20-5-4-14-29(16-20)23-13-12-21(15-27-23)28-25(31)19-10-8-18(9-11-19)17-32-22-6-2-1-3-7-22/h1-3,6-13,15,20H,4-5,14,16-17H2,(H2,26,30)(H,28,31). The van der Waals surface area contributed by atoms with Crippen LogP contribution < -0.4 is 20.7 Å². The number of carbonyl (C=O) groups is 2. The Balaban J connectivity index is 1.32. The van der Waals surface area contributed by atoms with E-state index in [-0.39, 0.29) is 17.7 Å². The number of nitrogens with two attached hydrogens (primary N) is 1. The summed E-state index contributed by atoms with van der Waals surface area (Å²) in [7, 11) is 0. The van der Waals surface area contributed by atoms with E-state index >= 15 is 0 Å². The first-order valence-electron chi connectivity index (χ1n) is 10.7. The van der Waals surface area contributed by atoms with E-state index in [1.807, 2.05) is 54.6 Å². The molecule has 1 saturated heterocycles. The van der Waals surface area contributed by atoms with Crippen molar-refractivity contribution in [3.63, 3.8) is 0 Å². The molecule has 1 aliphatic rings. The maximum atomic E-state index is 12.6. The van der Waals surface area contributed by atoms with Crippen LogP contribution in [0.25, 0.3) is 0 Å². The lowest BCUT2D eigenvalue weighted by molar-refractivity contribution is -0.122. The Hall–Kier alpha value is -3.87. The number of piperidine rings is 1. The molecular weight excluding hydrogens is 404 g/mol. The quantitative estimate of drug-likeness (QED) is 0.597. The zero-order valence-electron chi connectivity index (χ0n) is 17.7. The average molecular weight is 431 g/mol. The molecule has 164 valence electrons.